The van der Waals surface area contributed by atoms with Crippen molar-refractivity contribution in [3.05, 3.63) is 48.5 Å². The van der Waals surface area contributed by atoms with Crippen molar-refractivity contribution in [2.45, 2.75) is 4.90 Å². The first-order chi connectivity index (χ1) is 13.1. The number of benzene rings is 2. The maximum atomic E-state index is 12.1. The molecule has 8 heteroatoms. The summed E-state index contributed by atoms with van der Waals surface area (Å²) in [7, 11) is 0. The summed E-state index contributed by atoms with van der Waals surface area (Å²) in [5, 5.41) is 2.65. The first-order valence-corrected chi connectivity index (χ1v) is 9.41. The molecule has 0 saturated heterocycles. The van der Waals surface area contributed by atoms with Gasteiger partial charge in [0.05, 0.1) is 5.69 Å². The van der Waals surface area contributed by atoms with E-state index in [2.05, 4.69) is 5.32 Å². The number of esters is 1. The third-order valence-electron chi connectivity index (χ3n) is 3.83. The number of fused-ring (bicyclic) bond motifs is 1. The summed E-state index contributed by atoms with van der Waals surface area (Å²) in [5.74, 6) is -0.942. The van der Waals surface area contributed by atoms with Gasteiger partial charge in [-0.15, -0.1) is 11.8 Å². The summed E-state index contributed by atoms with van der Waals surface area (Å²) in [5.41, 5.74) is 1.12. The molecule has 0 radical (unpaired) electrons. The zero-order chi connectivity index (χ0) is 19.2. The minimum Gasteiger partial charge on any atom is -0.482 e. The van der Waals surface area contributed by atoms with Crippen molar-refractivity contribution in [1.82, 2.24) is 0 Å². The van der Waals surface area contributed by atoms with Crippen LogP contribution < -0.4 is 15.0 Å². The molecule has 2 aromatic carbocycles. The number of carbonyl (C=O) groups is 3. The van der Waals surface area contributed by atoms with Gasteiger partial charge < -0.3 is 14.8 Å². The Hall–Kier alpha value is -3.00. The third kappa shape index (κ3) is 4.79. The molecule has 0 fully saturated rings. The van der Waals surface area contributed by atoms with Crippen LogP contribution in [0.5, 0.6) is 5.75 Å². The number of ether oxygens (including phenoxy) is 2. The largest absolute Gasteiger partial charge is 0.482 e. The molecule has 2 aromatic rings. The Morgan fingerprint density at radius 3 is 2.67 bits per heavy atom. The number of rotatable bonds is 6. The van der Waals surface area contributed by atoms with Crippen molar-refractivity contribution in [3.8, 4) is 5.75 Å². The second kappa shape index (κ2) is 8.59. The summed E-state index contributed by atoms with van der Waals surface area (Å²) in [6.07, 6.45) is 1.96. The quantitative estimate of drug-likeness (QED) is 0.606. The van der Waals surface area contributed by atoms with E-state index in [0.717, 1.165) is 4.90 Å². The Kier molecular flexibility index (Phi) is 5.97. The minimum atomic E-state index is -0.673. The smallest absolute Gasteiger partial charge is 0.326 e. The van der Waals surface area contributed by atoms with E-state index in [1.165, 1.54) is 4.90 Å². The highest BCUT2D eigenvalue weighted by molar-refractivity contribution is 7.98. The summed E-state index contributed by atoms with van der Waals surface area (Å²) in [6, 6.07) is 14.2. The lowest BCUT2D eigenvalue weighted by molar-refractivity contribution is -0.146. The molecule has 3 rings (SSSR count). The second-order valence-corrected chi connectivity index (χ2v) is 6.55. The standard InChI is InChI=1S/C19H18N2O5S/c1-27-14-8-6-13(7-9-14)20-17(22)11-26-19(24)10-21-15-4-2-3-5-16(15)25-12-18(21)23/h2-9H,10-12H2,1H3,(H,20,22). The molecule has 0 aromatic heterocycles. The van der Waals surface area contributed by atoms with Crippen LogP contribution in [0.1, 0.15) is 0 Å². The number of thioether (sulfide) groups is 1. The molecule has 2 amide bonds. The van der Waals surface area contributed by atoms with Gasteiger partial charge in [-0.2, -0.15) is 0 Å². The number of anilines is 2. The Bertz CT molecular complexity index is 853. The van der Waals surface area contributed by atoms with Crippen LogP contribution in [0.3, 0.4) is 0 Å². The fraction of sp³-hybridized carbons (Fsp3) is 0.211. The van der Waals surface area contributed by atoms with Crippen LogP contribution in [0.4, 0.5) is 11.4 Å². The Morgan fingerprint density at radius 1 is 1.19 bits per heavy atom. The highest BCUT2D eigenvalue weighted by Gasteiger charge is 2.27. The van der Waals surface area contributed by atoms with Crippen molar-refractivity contribution in [3.63, 3.8) is 0 Å². The van der Waals surface area contributed by atoms with Crippen LogP contribution in [-0.4, -0.2) is 43.8 Å². The van der Waals surface area contributed by atoms with E-state index in [9.17, 15) is 14.4 Å². The Balaban J connectivity index is 1.52. The van der Waals surface area contributed by atoms with Gasteiger partial charge >= 0.3 is 5.97 Å². The zero-order valence-electron chi connectivity index (χ0n) is 14.6. The predicted octanol–water partition coefficient (Wildman–Crippen LogP) is 2.32. The van der Waals surface area contributed by atoms with Crippen LogP contribution in [0.15, 0.2) is 53.4 Å². The van der Waals surface area contributed by atoms with Crippen molar-refractivity contribution in [2.24, 2.45) is 0 Å². The summed E-state index contributed by atoms with van der Waals surface area (Å²) < 4.78 is 10.3. The van der Waals surface area contributed by atoms with Crippen molar-refractivity contribution < 1.29 is 23.9 Å². The number of hydrogen-bond acceptors (Lipinski definition) is 6. The van der Waals surface area contributed by atoms with Gasteiger partial charge in [-0.3, -0.25) is 19.3 Å². The van der Waals surface area contributed by atoms with Gasteiger partial charge in [-0.1, -0.05) is 12.1 Å². The van der Waals surface area contributed by atoms with E-state index in [0.29, 0.717) is 17.1 Å². The second-order valence-electron chi connectivity index (χ2n) is 5.67. The molecule has 0 atom stereocenters. The molecule has 0 spiro atoms. The van der Waals surface area contributed by atoms with Crippen molar-refractivity contribution >= 4 is 40.9 Å². The highest BCUT2D eigenvalue weighted by Crippen LogP contribution is 2.31. The van der Waals surface area contributed by atoms with Crippen LogP contribution in [0, 0.1) is 0 Å². The summed E-state index contributed by atoms with van der Waals surface area (Å²) in [4.78, 5) is 38.4. The molecule has 1 aliphatic rings. The molecule has 140 valence electrons. The summed E-state index contributed by atoms with van der Waals surface area (Å²) in [6.45, 7) is -0.852. The van der Waals surface area contributed by atoms with Crippen molar-refractivity contribution in [1.29, 1.82) is 0 Å². The number of para-hydroxylation sites is 2. The zero-order valence-corrected chi connectivity index (χ0v) is 15.5. The van der Waals surface area contributed by atoms with Gasteiger partial charge in [0, 0.05) is 10.6 Å². The number of nitrogens with zero attached hydrogens (tertiary/aromatic N) is 1. The lowest BCUT2D eigenvalue weighted by atomic mass is 10.2. The maximum absolute atomic E-state index is 12.1. The molecule has 1 aliphatic heterocycles. The Labute approximate surface area is 160 Å². The monoisotopic (exact) mass is 386 g/mol. The van der Waals surface area contributed by atoms with Gasteiger partial charge in [-0.05, 0) is 42.7 Å². The SMILES string of the molecule is CSc1ccc(NC(=O)COC(=O)CN2C(=O)COc3ccccc32)cc1. The molecular formula is C19H18N2O5S. The topological polar surface area (TPSA) is 84.9 Å². The fourth-order valence-electron chi connectivity index (χ4n) is 2.52. The molecule has 27 heavy (non-hydrogen) atoms. The Morgan fingerprint density at radius 2 is 1.93 bits per heavy atom. The fourth-order valence-corrected chi connectivity index (χ4v) is 2.93. The molecule has 0 unspecified atom stereocenters. The summed E-state index contributed by atoms with van der Waals surface area (Å²) >= 11 is 1.60. The van der Waals surface area contributed by atoms with E-state index in [1.807, 2.05) is 18.4 Å². The van der Waals surface area contributed by atoms with Gasteiger partial charge in [0.1, 0.15) is 12.3 Å². The lowest BCUT2D eigenvalue weighted by Gasteiger charge is -2.28. The molecule has 1 N–H and O–H groups in total. The number of nitrogens with one attached hydrogen (secondary N) is 1. The number of hydrogen-bond donors (Lipinski definition) is 1. The van der Waals surface area contributed by atoms with Crippen molar-refractivity contribution in [2.75, 3.05) is 36.2 Å². The molecule has 0 bridgehead atoms. The lowest BCUT2D eigenvalue weighted by Crippen LogP contribution is -2.42. The van der Waals surface area contributed by atoms with Crippen LogP contribution in [0.25, 0.3) is 0 Å². The average Bonchev–Trinajstić information content (AvgIpc) is 2.69. The third-order valence-corrected chi connectivity index (χ3v) is 4.58. The first kappa shape index (κ1) is 18.8. The van der Waals surface area contributed by atoms with Gasteiger partial charge in [-0.25, -0.2) is 0 Å². The minimum absolute atomic E-state index is 0.142. The van der Waals surface area contributed by atoms with E-state index >= 15 is 0 Å². The molecule has 7 nitrogen and oxygen atoms in total. The molecule has 1 heterocycles. The number of amides is 2. The normalized spacial score (nSPS) is 12.8. The maximum Gasteiger partial charge on any atom is 0.326 e. The number of carbonyl (C=O) groups excluding carboxylic acids is 3. The van der Waals surface area contributed by atoms with E-state index in [1.54, 1.807) is 48.2 Å². The molecule has 0 saturated carbocycles. The van der Waals surface area contributed by atoms with Gasteiger partial charge in [0.2, 0.25) is 0 Å². The van der Waals surface area contributed by atoms with Crippen LogP contribution in [0.2, 0.25) is 0 Å². The molecular weight excluding hydrogens is 368 g/mol. The predicted molar refractivity (Wildman–Crippen MR) is 102 cm³/mol. The first-order valence-electron chi connectivity index (χ1n) is 8.18. The highest BCUT2D eigenvalue weighted by atomic mass is 32.2. The van der Waals surface area contributed by atoms with E-state index in [-0.39, 0.29) is 19.1 Å². The van der Waals surface area contributed by atoms with E-state index < -0.39 is 18.5 Å². The van der Waals surface area contributed by atoms with Gasteiger partial charge in [0.25, 0.3) is 11.8 Å². The van der Waals surface area contributed by atoms with Gasteiger partial charge in [0.15, 0.2) is 13.2 Å². The average molecular weight is 386 g/mol. The molecule has 0 aliphatic carbocycles. The van der Waals surface area contributed by atoms with Crippen LogP contribution >= 0.6 is 11.8 Å². The van der Waals surface area contributed by atoms with E-state index in [4.69, 9.17) is 9.47 Å². The van der Waals surface area contributed by atoms with Crippen LogP contribution in [-0.2, 0) is 19.1 Å².